The molecule has 3 N–H and O–H groups in total. The van der Waals surface area contributed by atoms with Crippen LogP contribution < -0.4 is 0 Å². The van der Waals surface area contributed by atoms with E-state index < -0.39 is 29.0 Å². The van der Waals surface area contributed by atoms with Crippen molar-refractivity contribution in [3.63, 3.8) is 0 Å². The molecular weight excluding hydrogens is 449 g/mol. The quantitative estimate of drug-likeness (QED) is 0.566. The lowest BCUT2D eigenvalue weighted by Crippen LogP contribution is -2.62. The number of fused-ring (bicyclic) bond motifs is 6. The molecule has 7 nitrogen and oxygen atoms in total. The van der Waals surface area contributed by atoms with Crippen LogP contribution in [0.3, 0.4) is 0 Å². The molecule has 2 aromatic rings. The number of aliphatic carboxylic acids is 1. The van der Waals surface area contributed by atoms with Crippen LogP contribution in [0.1, 0.15) is 57.7 Å². The summed E-state index contributed by atoms with van der Waals surface area (Å²) >= 11 is 0. The zero-order chi connectivity index (χ0) is 24.9. The van der Waals surface area contributed by atoms with E-state index in [1.54, 1.807) is 10.7 Å². The van der Waals surface area contributed by atoms with Crippen LogP contribution in [0.25, 0.3) is 11.8 Å². The average Bonchev–Trinajstić information content (AvgIpc) is 3.29. The maximum absolute atomic E-state index is 13.3. The van der Waals surface area contributed by atoms with E-state index in [0.29, 0.717) is 12.1 Å². The fraction of sp³-hybridized carbons (Fsp3) is 0.593. The summed E-state index contributed by atoms with van der Waals surface area (Å²) in [5.74, 6) is -1.92. The number of carboxylic acid groups (broad SMARTS) is 1. The Hall–Kier alpha value is -2.58. The van der Waals surface area contributed by atoms with Crippen molar-refractivity contribution < 1.29 is 24.5 Å². The van der Waals surface area contributed by atoms with Gasteiger partial charge >= 0.3 is 5.97 Å². The van der Waals surface area contributed by atoms with Crippen molar-refractivity contribution in [2.24, 2.45) is 34.5 Å². The first-order valence-electron chi connectivity index (χ1n) is 12.5. The van der Waals surface area contributed by atoms with Crippen LogP contribution in [0.5, 0.6) is 0 Å². The van der Waals surface area contributed by atoms with Gasteiger partial charge in [0.25, 0.3) is 0 Å². The van der Waals surface area contributed by atoms with Crippen LogP contribution in [0, 0.1) is 40.4 Å². The van der Waals surface area contributed by atoms with Gasteiger partial charge in [0.2, 0.25) is 5.95 Å². The fourth-order valence-electron chi connectivity index (χ4n) is 8.67. The summed E-state index contributed by atoms with van der Waals surface area (Å²) in [5.41, 5.74) is 1.03. The van der Waals surface area contributed by atoms with E-state index in [4.69, 9.17) is 0 Å². The van der Waals surface area contributed by atoms with Crippen molar-refractivity contribution in [3.8, 4) is 5.69 Å². The lowest BCUT2D eigenvalue weighted by molar-refractivity contribution is -0.199. The van der Waals surface area contributed by atoms with Crippen molar-refractivity contribution in [2.75, 3.05) is 0 Å². The first-order chi connectivity index (χ1) is 16.5. The van der Waals surface area contributed by atoms with Crippen molar-refractivity contribution in [1.29, 1.82) is 0 Å². The Balaban J connectivity index is 1.39. The molecule has 3 fully saturated rings. The number of aliphatic hydroxyl groups is 2. The monoisotopic (exact) mass is 481 g/mol. The average molecular weight is 482 g/mol. The molecule has 8 heteroatoms. The smallest absolute Gasteiger partial charge is 0.336 e. The second-order valence-corrected chi connectivity index (χ2v) is 11.8. The molecule has 0 radical (unpaired) electrons. The third-order valence-corrected chi connectivity index (χ3v) is 10.3. The molecule has 0 aliphatic heterocycles. The highest BCUT2D eigenvalue weighted by Crippen LogP contribution is 2.68. The number of pyridine rings is 1. The largest absolute Gasteiger partial charge is 0.479 e. The molecule has 35 heavy (non-hydrogen) atoms. The van der Waals surface area contributed by atoms with Crippen molar-refractivity contribution in [2.45, 2.75) is 64.6 Å². The fourth-order valence-corrected chi connectivity index (χ4v) is 8.67. The SMILES string of the molecule is C[C@@H]1CC2[C@@H]3CCC4=Cc5c(cnn5-c5ccc(F)nc5)C[C@]4(C)C3[C@@H](O)C[C@]2(C)[C@@]1(O)C(=O)O. The molecule has 6 rings (SSSR count). The molecule has 4 aliphatic carbocycles. The van der Waals surface area contributed by atoms with Gasteiger partial charge in [-0.05, 0) is 85.0 Å². The predicted molar refractivity (Wildman–Crippen MR) is 126 cm³/mol. The molecule has 8 atom stereocenters. The summed E-state index contributed by atoms with van der Waals surface area (Å²) in [6, 6.07) is 2.99. The topological polar surface area (TPSA) is 108 Å². The second kappa shape index (κ2) is 7.23. The molecule has 0 amide bonds. The third-order valence-electron chi connectivity index (χ3n) is 10.3. The number of allylic oxidation sites excluding steroid dienone is 1. The molecule has 4 aliphatic rings. The van der Waals surface area contributed by atoms with Gasteiger partial charge in [-0.2, -0.15) is 9.49 Å². The Kier molecular flexibility index (Phi) is 4.72. The Bertz CT molecular complexity index is 1240. The van der Waals surface area contributed by atoms with Crippen LogP contribution in [0.2, 0.25) is 0 Å². The molecule has 2 unspecified atom stereocenters. The van der Waals surface area contributed by atoms with Gasteiger partial charge in [-0.1, -0.05) is 26.3 Å². The Labute approximate surface area is 203 Å². The molecule has 0 bridgehead atoms. The van der Waals surface area contributed by atoms with Gasteiger partial charge in [-0.3, -0.25) is 0 Å². The van der Waals surface area contributed by atoms with Crippen LogP contribution in [-0.4, -0.2) is 47.8 Å². The molecule has 0 spiro atoms. The van der Waals surface area contributed by atoms with Gasteiger partial charge in [0.1, 0.15) is 0 Å². The number of hydrogen-bond acceptors (Lipinski definition) is 5. The number of carbonyl (C=O) groups is 1. The number of hydrogen-bond donors (Lipinski definition) is 3. The number of rotatable bonds is 2. The Morgan fingerprint density at radius 3 is 2.71 bits per heavy atom. The number of nitrogens with zero attached hydrogens (tertiary/aromatic N) is 3. The second-order valence-electron chi connectivity index (χ2n) is 11.8. The number of aliphatic hydroxyl groups excluding tert-OH is 1. The van der Waals surface area contributed by atoms with Crippen LogP contribution in [0.15, 0.2) is 30.1 Å². The van der Waals surface area contributed by atoms with Gasteiger partial charge in [-0.25, -0.2) is 14.5 Å². The van der Waals surface area contributed by atoms with Gasteiger partial charge in [0, 0.05) is 5.41 Å². The highest BCUT2D eigenvalue weighted by molar-refractivity contribution is 5.79. The maximum Gasteiger partial charge on any atom is 0.336 e. The molecule has 0 aromatic carbocycles. The lowest BCUT2D eigenvalue weighted by Gasteiger charge is -2.60. The highest BCUT2D eigenvalue weighted by Gasteiger charge is 2.71. The van der Waals surface area contributed by atoms with Crippen molar-refractivity contribution >= 4 is 12.0 Å². The maximum atomic E-state index is 13.3. The summed E-state index contributed by atoms with van der Waals surface area (Å²) in [6.07, 6.45) is 8.16. The molecule has 0 saturated heterocycles. The normalized spacial score (nSPS) is 41.9. The summed E-state index contributed by atoms with van der Waals surface area (Å²) in [6.45, 7) is 5.94. The van der Waals surface area contributed by atoms with E-state index in [1.165, 1.54) is 17.8 Å². The minimum Gasteiger partial charge on any atom is -0.479 e. The molecule has 2 heterocycles. The highest BCUT2D eigenvalue weighted by atomic mass is 19.1. The van der Waals surface area contributed by atoms with E-state index in [1.807, 2.05) is 20.0 Å². The standard InChI is InChI=1S/C27H32FN3O4/c1-14-8-19-18-6-4-16-9-20-15(12-30-31(20)17-5-7-22(28)29-13-17)10-25(16,2)23(18)21(32)11-26(19,3)27(14,35)24(33)34/h5,7,9,12-14,18-19,21,23,32,35H,4,6,8,10-11H2,1-3H3,(H,33,34)/t14-,18+,19?,21+,23?,25+,26+,27+/m1/s1. The minimum absolute atomic E-state index is 0.0205. The van der Waals surface area contributed by atoms with E-state index in [9.17, 15) is 24.5 Å². The van der Waals surface area contributed by atoms with Crippen LogP contribution in [0.4, 0.5) is 4.39 Å². The third kappa shape index (κ3) is 2.81. The van der Waals surface area contributed by atoms with E-state index >= 15 is 0 Å². The van der Waals surface area contributed by atoms with E-state index in [-0.39, 0.29) is 35.5 Å². The summed E-state index contributed by atoms with van der Waals surface area (Å²) in [7, 11) is 0. The molecule has 2 aromatic heterocycles. The summed E-state index contributed by atoms with van der Waals surface area (Å²) in [4.78, 5) is 16.0. The van der Waals surface area contributed by atoms with Gasteiger partial charge in [0.15, 0.2) is 5.60 Å². The number of halogens is 1. The number of carboxylic acids is 1. The molecule has 3 saturated carbocycles. The number of aromatic nitrogens is 3. The van der Waals surface area contributed by atoms with Gasteiger partial charge in [0.05, 0.1) is 29.9 Å². The van der Waals surface area contributed by atoms with Crippen LogP contribution in [-0.2, 0) is 11.2 Å². The summed E-state index contributed by atoms with van der Waals surface area (Å²) < 4.78 is 15.1. The first kappa shape index (κ1) is 22.9. The molecular formula is C27H32FN3O4. The summed E-state index contributed by atoms with van der Waals surface area (Å²) in [5, 5.41) is 37.6. The first-order valence-corrected chi connectivity index (χ1v) is 12.5. The van der Waals surface area contributed by atoms with Crippen LogP contribution >= 0.6 is 0 Å². The van der Waals surface area contributed by atoms with E-state index in [0.717, 1.165) is 30.5 Å². The predicted octanol–water partition coefficient (Wildman–Crippen LogP) is 3.62. The zero-order valence-electron chi connectivity index (χ0n) is 20.3. The van der Waals surface area contributed by atoms with Gasteiger partial charge < -0.3 is 15.3 Å². The minimum atomic E-state index is -1.83. The van der Waals surface area contributed by atoms with Crippen molar-refractivity contribution in [3.05, 3.63) is 47.3 Å². The molecule has 186 valence electrons. The zero-order valence-corrected chi connectivity index (χ0v) is 20.3. The lowest BCUT2D eigenvalue weighted by atomic mass is 9.45. The van der Waals surface area contributed by atoms with Gasteiger partial charge in [-0.15, -0.1) is 0 Å². The Morgan fingerprint density at radius 1 is 1.26 bits per heavy atom. The van der Waals surface area contributed by atoms with Crippen molar-refractivity contribution in [1.82, 2.24) is 14.8 Å². The van der Waals surface area contributed by atoms with E-state index in [2.05, 4.69) is 23.1 Å². The Morgan fingerprint density at radius 2 is 2.03 bits per heavy atom.